The van der Waals surface area contributed by atoms with Gasteiger partial charge in [-0.15, -0.1) is 6.58 Å². The Morgan fingerprint density at radius 1 is 1.31 bits per heavy atom. The van der Waals surface area contributed by atoms with E-state index in [1.807, 2.05) is 0 Å². The van der Waals surface area contributed by atoms with Gasteiger partial charge in [-0.3, -0.25) is 0 Å². The van der Waals surface area contributed by atoms with Crippen molar-refractivity contribution in [2.45, 2.75) is 6.42 Å². The lowest BCUT2D eigenvalue weighted by atomic mass is 10.1. The van der Waals surface area contributed by atoms with Crippen molar-refractivity contribution < 1.29 is 20.1 Å². The summed E-state index contributed by atoms with van der Waals surface area (Å²) in [7, 11) is 0. The number of aliphatic carboxylic acids is 1. The maximum Gasteiger partial charge on any atom is 0.331 e. The van der Waals surface area contributed by atoms with E-state index in [1.165, 1.54) is 30.4 Å². The van der Waals surface area contributed by atoms with Crippen LogP contribution in [0.4, 0.5) is 0 Å². The summed E-state index contributed by atoms with van der Waals surface area (Å²) in [6.45, 7) is 3.46. The summed E-state index contributed by atoms with van der Waals surface area (Å²) in [5, 5.41) is 27.2. The number of aromatic hydroxyl groups is 2. The van der Waals surface area contributed by atoms with Crippen molar-refractivity contribution in [1.29, 1.82) is 0 Å². The first-order chi connectivity index (χ1) is 7.54. The molecule has 1 aromatic carbocycles. The van der Waals surface area contributed by atoms with Crippen molar-refractivity contribution >= 4 is 12.0 Å². The van der Waals surface area contributed by atoms with Crippen LogP contribution in [0.2, 0.25) is 0 Å². The van der Waals surface area contributed by atoms with Crippen LogP contribution in [0.15, 0.2) is 36.4 Å². The van der Waals surface area contributed by atoms with Crippen LogP contribution in [0.3, 0.4) is 0 Å². The van der Waals surface area contributed by atoms with Crippen LogP contribution in [-0.4, -0.2) is 21.3 Å². The normalized spacial score (nSPS) is 11.1. The van der Waals surface area contributed by atoms with Crippen molar-refractivity contribution in [2.75, 3.05) is 0 Å². The molecule has 0 fully saturated rings. The Bertz CT molecular complexity index is 446. The van der Waals surface area contributed by atoms with E-state index in [-0.39, 0.29) is 23.5 Å². The highest BCUT2D eigenvalue weighted by molar-refractivity contribution is 5.92. The summed E-state index contributed by atoms with van der Waals surface area (Å²) in [6.07, 6.45) is 3.14. The number of carboxylic acid groups (broad SMARTS) is 1. The van der Waals surface area contributed by atoms with Crippen LogP contribution in [-0.2, 0) is 4.79 Å². The Balaban J connectivity index is 3.07. The molecule has 3 N–H and O–H groups in total. The van der Waals surface area contributed by atoms with Gasteiger partial charge in [-0.25, -0.2) is 4.79 Å². The molecule has 16 heavy (non-hydrogen) atoms. The highest BCUT2D eigenvalue weighted by Crippen LogP contribution is 2.26. The smallest absolute Gasteiger partial charge is 0.331 e. The zero-order valence-corrected chi connectivity index (χ0v) is 8.55. The summed E-state index contributed by atoms with van der Waals surface area (Å²) in [4.78, 5) is 10.8. The van der Waals surface area contributed by atoms with Gasteiger partial charge in [0.15, 0.2) is 11.5 Å². The van der Waals surface area contributed by atoms with Gasteiger partial charge in [-0.2, -0.15) is 0 Å². The fourth-order valence-electron chi connectivity index (χ4n) is 1.19. The molecule has 0 aliphatic heterocycles. The lowest BCUT2D eigenvalue weighted by Gasteiger charge is -2.01. The average molecular weight is 220 g/mol. The molecule has 0 aromatic heterocycles. The molecular formula is C12H12O4. The summed E-state index contributed by atoms with van der Waals surface area (Å²) in [5.74, 6) is -1.55. The van der Waals surface area contributed by atoms with E-state index in [9.17, 15) is 9.90 Å². The number of hydrogen-bond donors (Lipinski definition) is 3. The van der Waals surface area contributed by atoms with E-state index in [0.717, 1.165) is 0 Å². The molecule has 0 saturated carbocycles. The molecule has 0 heterocycles. The summed E-state index contributed by atoms with van der Waals surface area (Å²) >= 11 is 0. The second-order valence-corrected chi connectivity index (χ2v) is 3.22. The topological polar surface area (TPSA) is 77.8 Å². The van der Waals surface area contributed by atoms with Gasteiger partial charge in [-0.1, -0.05) is 12.1 Å². The van der Waals surface area contributed by atoms with Gasteiger partial charge in [0.05, 0.1) is 0 Å². The lowest BCUT2D eigenvalue weighted by Crippen LogP contribution is -1.98. The minimum Gasteiger partial charge on any atom is -0.504 e. The number of benzene rings is 1. The highest BCUT2D eigenvalue weighted by Gasteiger charge is 2.06. The predicted molar refractivity (Wildman–Crippen MR) is 60.2 cm³/mol. The molecule has 0 bridgehead atoms. The molecule has 4 heteroatoms. The quantitative estimate of drug-likeness (QED) is 0.412. The molecule has 0 spiro atoms. The van der Waals surface area contributed by atoms with E-state index < -0.39 is 5.97 Å². The van der Waals surface area contributed by atoms with Crippen LogP contribution in [0.5, 0.6) is 11.5 Å². The van der Waals surface area contributed by atoms with Gasteiger partial charge in [0, 0.05) is 5.57 Å². The van der Waals surface area contributed by atoms with Crippen LogP contribution in [0.25, 0.3) is 6.08 Å². The Morgan fingerprint density at radius 2 is 2.00 bits per heavy atom. The van der Waals surface area contributed by atoms with Crippen LogP contribution in [0.1, 0.15) is 12.0 Å². The number of carboxylic acids is 1. The van der Waals surface area contributed by atoms with Crippen molar-refractivity contribution in [1.82, 2.24) is 0 Å². The first-order valence-electron chi connectivity index (χ1n) is 4.61. The van der Waals surface area contributed by atoms with Crippen molar-refractivity contribution in [2.24, 2.45) is 0 Å². The second kappa shape index (κ2) is 5.02. The maximum atomic E-state index is 10.8. The second-order valence-electron chi connectivity index (χ2n) is 3.22. The van der Waals surface area contributed by atoms with Crippen LogP contribution in [0, 0.1) is 0 Å². The first-order valence-corrected chi connectivity index (χ1v) is 4.61. The molecular weight excluding hydrogens is 208 g/mol. The third-order valence-electron chi connectivity index (χ3n) is 1.98. The van der Waals surface area contributed by atoms with Crippen molar-refractivity contribution in [3.8, 4) is 11.5 Å². The number of rotatable bonds is 4. The minimum absolute atomic E-state index is 0.167. The van der Waals surface area contributed by atoms with Gasteiger partial charge < -0.3 is 15.3 Å². The SMILES string of the molecule is C=CC/C(=C\c1ccc(O)c(O)c1)C(=O)O. The van der Waals surface area contributed by atoms with Gasteiger partial charge in [0.2, 0.25) is 0 Å². The lowest BCUT2D eigenvalue weighted by molar-refractivity contribution is -0.132. The van der Waals surface area contributed by atoms with Crippen molar-refractivity contribution in [3.05, 3.63) is 42.0 Å². The Labute approximate surface area is 92.8 Å². The van der Waals surface area contributed by atoms with Crippen molar-refractivity contribution in [3.63, 3.8) is 0 Å². The molecule has 0 atom stereocenters. The van der Waals surface area contributed by atoms with E-state index in [0.29, 0.717) is 5.56 Å². The molecule has 0 amide bonds. The number of allylic oxidation sites excluding steroid dienone is 1. The van der Waals surface area contributed by atoms with E-state index in [2.05, 4.69) is 6.58 Å². The zero-order valence-electron chi connectivity index (χ0n) is 8.55. The molecule has 0 unspecified atom stereocenters. The summed E-state index contributed by atoms with van der Waals surface area (Å²) < 4.78 is 0. The minimum atomic E-state index is -1.03. The first kappa shape index (κ1) is 11.8. The van der Waals surface area contributed by atoms with E-state index >= 15 is 0 Å². The fourth-order valence-corrected chi connectivity index (χ4v) is 1.19. The zero-order chi connectivity index (χ0) is 12.1. The number of carbonyl (C=O) groups is 1. The summed E-state index contributed by atoms with van der Waals surface area (Å²) in [5.41, 5.74) is 0.676. The molecule has 0 aliphatic rings. The predicted octanol–water partition coefficient (Wildman–Crippen LogP) is 2.14. The molecule has 1 aromatic rings. The standard InChI is InChI=1S/C12H12O4/c1-2-3-9(12(15)16)6-8-4-5-10(13)11(14)7-8/h2,4-7,13-14H,1,3H2,(H,15,16)/b9-6+. The van der Waals surface area contributed by atoms with Gasteiger partial charge in [0.25, 0.3) is 0 Å². The largest absolute Gasteiger partial charge is 0.504 e. The number of phenolic OH excluding ortho intramolecular Hbond substituents is 2. The van der Waals surface area contributed by atoms with E-state index in [1.54, 1.807) is 0 Å². The highest BCUT2D eigenvalue weighted by atomic mass is 16.4. The molecule has 0 radical (unpaired) electrons. The monoisotopic (exact) mass is 220 g/mol. The van der Waals surface area contributed by atoms with E-state index in [4.69, 9.17) is 10.2 Å². The molecule has 84 valence electrons. The third kappa shape index (κ3) is 2.88. The number of hydrogen-bond acceptors (Lipinski definition) is 3. The molecule has 0 aliphatic carbocycles. The average Bonchev–Trinajstić information content (AvgIpc) is 2.22. The molecule has 4 nitrogen and oxygen atoms in total. The van der Waals surface area contributed by atoms with Crippen LogP contribution >= 0.6 is 0 Å². The molecule has 0 saturated heterocycles. The number of phenols is 2. The molecule has 1 rings (SSSR count). The summed E-state index contributed by atoms with van der Waals surface area (Å²) in [6, 6.07) is 4.11. The fraction of sp³-hybridized carbons (Fsp3) is 0.0833. The van der Waals surface area contributed by atoms with Crippen LogP contribution < -0.4 is 0 Å². The maximum absolute atomic E-state index is 10.8. The Morgan fingerprint density at radius 3 is 2.50 bits per heavy atom. The van der Waals surface area contributed by atoms with Gasteiger partial charge in [0.1, 0.15) is 0 Å². The van der Waals surface area contributed by atoms with Gasteiger partial charge in [-0.05, 0) is 30.2 Å². The third-order valence-corrected chi connectivity index (χ3v) is 1.98. The Kier molecular flexibility index (Phi) is 3.72. The Hall–Kier alpha value is -2.23. The van der Waals surface area contributed by atoms with Gasteiger partial charge >= 0.3 is 5.97 Å².